The normalized spacial score (nSPS) is 21.4. The Balaban J connectivity index is 0.000000160. The molecule has 2 N–H and O–H groups in total. The van der Waals surface area contributed by atoms with E-state index in [1.807, 2.05) is 43.3 Å². The van der Waals surface area contributed by atoms with Crippen molar-refractivity contribution in [3.63, 3.8) is 0 Å². The lowest BCUT2D eigenvalue weighted by Gasteiger charge is -2.38. The average Bonchev–Trinajstić information content (AvgIpc) is 3.89. The molecule has 4 aliphatic heterocycles. The summed E-state index contributed by atoms with van der Waals surface area (Å²) in [5, 5.41) is 5.32. The molecule has 6 amide bonds. The average molecular weight is 775 g/mol. The van der Waals surface area contributed by atoms with Crippen molar-refractivity contribution in [2.75, 3.05) is 9.80 Å². The molecule has 2 aromatic heterocycles. The maximum atomic E-state index is 12.4. The van der Waals surface area contributed by atoms with E-state index < -0.39 is 23.6 Å². The van der Waals surface area contributed by atoms with Gasteiger partial charge in [-0.3, -0.25) is 9.59 Å². The van der Waals surface area contributed by atoms with Gasteiger partial charge in [-0.1, -0.05) is 39.8 Å². The molecule has 2 saturated heterocycles. The van der Waals surface area contributed by atoms with Crippen molar-refractivity contribution < 1.29 is 38.1 Å². The molecule has 1 unspecified atom stereocenters. The van der Waals surface area contributed by atoms with E-state index in [4.69, 9.17) is 18.9 Å². The van der Waals surface area contributed by atoms with Gasteiger partial charge in [0.15, 0.2) is 0 Å². The molecular weight excluding hydrogens is 729 g/mol. The number of anilines is 2. The fourth-order valence-electron chi connectivity index (χ4n) is 7.77. The predicted molar refractivity (Wildman–Crippen MR) is 209 cm³/mol. The summed E-state index contributed by atoms with van der Waals surface area (Å²) in [6, 6.07) is 17.2. The van der Waals surface area contributed by atoms with Crippen molar-refractivity contribution >= 4 is 35.3 Å². The Hall–Kier alpha value is -5.86. The first-order valence-electron chi connectivity index (χ1n) is 19.3. The molecule has 1 saturated carbocycles. The van der Waals surface area contributed by atoms with Crippen LogP contribution in [0.2, 0.25) is 0 Å². The molecule has 14 nitrogen and oxygen atoms in total. The van der Waals surface area contributed by atoms with E-state index in [2.05, 4.69) is 41.4 Å². The summed E-state index contributed by atoms with van der Waals surface area (Å²) in [5.41, 5.74) is 4.52. The Morgan fingerprint density at radius 3 is 1.96 bits per heavy atom. The predicted octanol–water partition coefficient (Wildman–Crippen LogP) is 7.94. The van der Waals surface area contributed by atoms with E-state index in [1.165, 1.54) is 35.5 Å². The maximum Gasteiger partial charge on any atom is 0.329 e. The summed E-state index contributed by atoms with van der Waals surface area (Å²) in [7, 11) is 0. The number of rotatable bonds is 7. The van der Waals surface area contributed by atoms with Crippen molar-refractivity contribution in [2.45, 2.75) is 104 Å². The van der Waals surface area contributed by atoms with Crippen LogP contribution >= 0.6 is 0 Å². The molecule has 1 spiro atoms. The van der Waals surface area contributed by atoms with E-state index in [1.54, 1.807) is 38.1 Å². The molecule has 2 atom stereocenters. The molecule has 57 heavy (non-hydrogen) atoms. The number of amides is 6. The minimum absolute atomic E-state index is 0.0134. The molecule has 5 aliphatic rings. The fraction of sp³-hybridized carbons (Fsp3) is 0.395. The lowest BCUT2D eigenvalue weighted by Crippen LogP contribution is -2.40. The lowest BCUT2D eigenvalue weighted by atomic mass is 9.75. The third-order valence-corrected chi connectivity index (χ3v) is 11.0. The summed E-state index contributed by atoms with van der Waals surface area (Å²) < 4.78 is 23.8. The zero-order valence-electron chi connectivity index (χ0n) is 32.9. The molecule has 3 fully saturated rings. The van der Waals surface area contributed by atoms with Gasteiger partial charge >= 0.3 is 12.1 Å². The molecule has 4 aromatic rings. The molecule has 14 heteroatoms. The molecule has 2 aromatic carbocycles. The van der Waals surface area contributed by atoms with Gasteiger partial charge in [-0.2, -0.15) is 0 Å². The van der Waals surface area contributed by atoms with Crippen LogP contribution in [0, 0.1) is 5.41 Å². The van der Waals surface area contributed by atoms with Gasteiger partial charge in [0, 0.05) is 12.1 Å². The number of hydrogen-bond donors (Lipinski definition) is 2. The quantitative estimate of drug-likeness (QED) is 0.176. The van der Waals surface area contributed by atoms with Gasteiger partial charge in [0.2, 0.25) is 11.8 Å². The fourth-order valence-corrected chi connectivity index (χ4v) is 7.77. The summed E-state index contributed by atoms with van der Waals surface area (Å²) >= 11 is 0. The van der Waals surface area contributed by atoms with Crippen LogP contribution in [-0.2, 0) is 37.9 Å². The van der Waals surface area contributed by atoms with Crippen molar-refractivity contribution in [3.05, 3.63) is 95.3 Å². The second-order valence-corrected chi connectivity index (χ2v) is 16.6. The summed E-state index contributed by atoms with van der Waals surface area (Å²) in [6.45, 7) is 12.9. The SMILES string of the molecule is CC1(C)NC(=O)N(c2ccc(Oc3ccc4c(c3)C(C(C)(C)C)OC4)nc2)C1=O.CC[C@H]1NC(=O)N(c2ccc(Oc3ccc4c(c3)C3(CCC3)OC4)nc2)C1=O. The highest BCUT2D eigenvalue weighted by Crippen LogP contribution is 2.51. The zero-order valence-corrected chi connectivity index (χ0v) is 32.9. The van der Waals surface area contributed by atoms with Gasteiger partial charge in [0.25, 0.3) is 11.8 Å². The molecule has 9 rings (SSSR count). The lowest BCUT2D eigenvalue weighted by molar-refractivity contribution is -0.121. The topological polar surface area (TPSA) is 162 Å². The van der Waals surface area contributed by atoms with E-state index in [0.717, 1.165) is 28.2 Å². The van der Waals surface area contributed by atoms with Crippen LogP contribution in [0.25, 0.3) is 0 Å². The number of nitrogens with zero attached hydrogens (tertiary/aromatic N) is 4. The summed E-state index contributed by atoms with van der Waals surface area (Å²) in [5.74, 6) is 1.59. The smallest absolute Gasteiger partial charge is 0.329 e. The van der Waals surface area contributed by atoms with Crippen LogP contribution < -0.4 is 29.9 Å². The third-order valence-electron chi connectivity index (χ3n) is 11.0. The molecule has 0 bridgehead atoms. The van der Waals surface area contributed by atoms with Gasteiger partial charge in [-0.15, -0.1) is 0 Å². The molecule has 296 valence electrons. The van der Waals surface area contributed by atoms with Crippen LogP contribution in [-0.4, -0.2) is 45.4 Å². The standard InChI is InChI=1S/C22H25N3O4.C21H21N3O4/c1-21(2,3)18-16-10-15(8-6-13(16)12-28-18)29-17-9-7-14(11-23-17)25-19(26)22(4,5)24-20(25)27;1-2-17-19(25)24(20(26)23-17)14-5-7-18(22-11-14)28-15-6-4-13-12-27-21(8-3-9-21)16(13)10-15/h6-11,18H,12H2,1-5H3,(H,24,27);4-7,10-11,17H,2-3,8-9,12H2,1H3,(H,23,26)/t;17-/m.1/s1. The number of nitrogens with one attached hydrogen (secondary N) is 2. The van der Waals surface area contributed by atoms with E-state index in [9.17, 15) is 19.2 Å². The number of carbonyl (C=O) groups is 4. The Labute approximate surface area is 330 Å². The molecular formula is C43H46N6O8. The van der Waals surface area contributed by atoms with Crippen molar-refractivity contribution in [1.29, 1.82) is 0 Å². The number of ether oxygens (including phenoxy) is 4. The maximum absolute atomic E-state index is 12.4. The van der Waals surface area contributed by atoms with Gasteiger partial charge in [-0.25, -0.2) is 29.4 Å². The van der Waals surface area contributed by atoms with E-state index >= 15 is 0 Å². The third kappa shape index (κ3) is 7.08. The summed E-state index contributed by atoms with van der Waals surface area (Å²) in [6.07, 6.45) is 6.81. The van der Waals surface area contributed by atoms with Crippen molar-refractivity contribution in [3.8, 4) is 23.3 Å². The Bertz CT molecular complexity index is 2250. The van der Waals surface area contributed by atoms with Crippen LogP contribution in [0.1, 0.15) is 95.6 Å². The van der Waals surface area contributed by atoms with Gasteiger partial charge in [0.1, 0.15) is 23.1 Å². The van der Waals surface area contributed by atoms with Crippen LogP contribution in [0.4, 0.5) is 21.0 Å². The van der Waals surface area contributed by atoms with Crippen LogP contribution in [0.5, 0.6) is 23.3 Å². The first-order chi connectivity index (χ1) is 27.2. The van der Waals surface area contributed by atoms with Gasteiger partial charge in [0.05, 0.1) is 48.7 Å². The molecule has 6 heterocycles. The number of carbonyl (C=O) groups excluding carboxylic acids is 4. The number of pyridine rings is 2. The van der Waals surface area contributed by atoms with Crippen LogP contribution in [0.15, 0.2) is 73.1 Å². The van der Waals surface area contributed by atoms with Gasteiger partial charge < -0.3 is 29.6 Å². The Morgan fingerprint density at radius 2 is 1.44 bits per heavy atom. The minimum Gasteiger partial charge on any atom is -0.439 e. The highest BCUT2D eigenvalue weighted by Gasteiger charge is 2.46. The van der Waals surface area contributed by atoms with Crippen molar-refractivity contribution in [2.24, 2.45) is 5.41 Å². The number of hydrogen-bond acceptors (Lipinski definition) is 10. The number of aromatic nitrogens is 2. The van der Waals surface area contributed by atoms with E-state index in [0.29, 0.717) is 54.3 Å². The number of imide groups is 2. The summed E-state index contributed by atoms with van der Waals surface area (Å²) in [4.78, 5) is 59.6. The molecule has 1 aliphatic carbocycles. The second kappa shape index (κ2) is 14.3. The number of fused-ring (bicyclic) bond motifs is 3. The number of benzene rings is 2. The Morgan fingerprint density at radius 1 is 0.807 bits per heavy atom. The number of urea groups is 2. The van der Waals surface area contributed by atoms with Crippen LogP contribution in [0.3, 0.4) is 0 Å². The van der Waals surface area contributed by atoms with Gasteiger partial charge in [-0.05, 0) is 104 Å². The monoisotopic (exact) mass is 774 g/mol. The molecule has 0 radical (unpaired) electrons. The first kappa shape index (κ1) is 38.0. The Kier molecular flexibility index (Phi) is 9.52. The first-order valence-corrected chi connectivity index (χ1v) is 19.3. The second-order valence-electron chi connectivity index (χ2n) is 16.6. The van der Waals surface area contributed by atoms with E-state index in [-0.39, 0.29) is 28.9 Å². The zero-order chi connectivity index (χ0) is 40.3. The highest BCUT2D eigenvalue weighted by molar-refractivity contribution is 6.23. The highest BCUT2D eigenvalue weighted by atomic mass is 16.5. The van der Waals surface area contributed by atoms with Crippen molar-refractivity contribution in [1.82, 2.24) is 20.6 Å². The minimum atomic E-state index is -0.928. The largest absolute Gasteiger partial charge is 0.439 e.